The van der Waals surface area contributed by atoms with E-state index in [1.807, 2.05) is 18.3 Å². The molecule has 0 spiro atoms. The van der Waals surface area contributed by atoms with Crippen molar-refractivity contribution >= 4 is 16.6 Å². The maximum absolute atomic E-state index is 9.61. The molecule has 100 valence electrons. The SMILES string of the molecule is CC1CCC(CNc2nccc3ccc(O)cc23)C1. The van der Waals surface area contributed by atoms with E-state index in [1.165, 1.54) is 19.3 Å². The fourth-order valence-corrected chi connectivity index (χ4v) is 3.05. The van der Waals surface area contributed by atoms with E-state index in [9.17, 15) is 5.11 Å². The first-order valence-electron chi connectivity index (χ1n) is 7.04. The van der Waals surface area contributed by atoms with Crippen molar-refractivity contribution < 1.29 is 5.11 Å². The average molecular weight is 256 g/mol. The Morgan fingerprint density at radius 1 is 1.32 bits per heavy atom. The number of aromatic hydroxyl groups is 1. The highest BCUT2D eigenvalue weighted by atomic mass is 16.3. The lowest BCUT2D eigenvalue weighted by molar-refractivity contribution is 0.476. The van der Waals surface area contributed by atoms with Crippen LogP contribution in [0.15, 0.2) is 30.5 Å². The van der Waals surface area contributed by atoms with E-state index >= 15 is 0 Å². The predicted octanol–water partition coefficient (Wildman–Crippen LogP) is 3.79. The van der Waals surface area contributed by atoms with Crippen molar-refractivity contribution in [1.29, 1.82) is 0 Å². The van der Waals surface area contributed by atoms with Crippen LogP contribution in [0.1, 0.15) is 26.2 Å². The Labute approximate surface area is 113 Å². The number of rotatable bonds is 3. The summed E-state index contributed by atoms with van der Waals surface area (Å²) in [5.74, 6) is 2.78. The molecule has 1 aliphatic rings. The highest BCUT2D eigenvalue weighted by Crippen LogP contribution is 2.31. The molecule has 1 saturated carbocycles. The number of hydrogen-bond acceptors (Lipinski definition) is 3. The van der Waals surface area contributed by atoms with E-state index in [0.717, 1.165) is 35.0 Å². The third-order valence-electron chi connectivity index (χ3n) is 4.11. The Morgan fingerprint density at radius 2 is 2.21 bits per heavy atom. The number of phenolic OH excluding ortho intramolecular Hbond substituents is 1. The molecule has 1 aliphatic carbocycles. The van der Waals surface area contributed by atoms with Gasteiger partial charge in [-0.3, -0.25) is 0 Å². The molecule has 0 bridgehead atoms. The summed E-state index contributed by atoms with van der Waals surface area (Å²) in [4.78, 5) is 4.41. The number of nitrogens with zero attached hydrogens (tertiary/aromatic N) is 1. The monoisotopic (exact) mass is 256 g/mol. The number of hydrogen-bond donors (Lipinski definition) is 2. The fourth-order valence-electron chi connectivity index (χ4n) is 3.05. The lowest BCUT2D eigenvalue weighted by Crippen LogP contribution is -2.12. The summed E-state index contributed by atoms with van der Waals surface area (Å²) in [6.45, 7) is 3.31. The number of anilines is 1. The molecule has 19 heavy (non-hydrogen) atoms. The molecule has 0 amide bonds. The molecule has 3 nitrogen and oxygen atoms in total. The topological polar surface area (TPSA) is 45.2 Å². The molecular weight excluding hydrogens is 236 g/mol. The van der Waals surface area contributed by atoms with E-state index in [2.05, 4.69) is 17.2 Å². The van der Waals surface area contributed by atoms with Gasteiger partial charge in [-0.15, -0.1) is 0 Å². The van der Waals surface area contributed by atoms with Crippen molar-refractivity contribution in [2.45, 2.75) is 26.2 Å². The number of pyridine rings is 1. The Kier molecular flexibility index (Phi) is 3.28. The second-order valence-corrected chi connectivity index (χ2v) is 5.73. The largest absolute Gasteiger partial charge is 0.508 e. The number of aromatic nitrogens is 1. The van der Waals surface area contributed by atoms with Crippen LogP contribution in [-0.2, 0) is 0 Å². The van der Waals surface area contributed by atoms with Crippen LogP contribution in [-0.4, -0.2) is 16.6 Å². The maximum Gasteiger partial charge on any atom is 0.133 e. The van der Waals surface area contributed by atoms with E-state index in [4.69, 9.17) is 0 Å². The molecule has 0 aliphatic heterocycles. The molecule has 3 heteroatoms. The van der Waals surface area contributed by atoms with Crippen molar-refractivity contribution in [2.24, 2.45) is 11.8 Å². The van der Waals surface area contributed by atoms with Gasteiger partial charge in [0.2, 0.25) is 0 Å². The predicted molar refractivity (Wildman–Crippen MR) is 78.4 cm³/mol. The van der Waals surface area contributed by atoms with Gasteiger partial charge < -0.3 is 10.4 Å². The van der Waals surface area contributed by atoms with Crippen LogP contribution in [0.25, 0.3) is 10.8 Å². The van der Waals surface area contributed by atoms with Gasteiger partial charge >= 0.3 is 0 Å². The third-order valence-corrected chi connectivity index (χ3v) is 4.11. The minimum Gasteiger partial charge on any atom is -0.508 e. The number of phenols is 1. The zero-order chi connectivity index (χ0) is 13.2. The van der Waals surface area contributed by atoms with Crippen LogP contribution in [0.3, 0.4) is 0 Å². The summed E-state index contributed by atoms with van der Waals surface area (Å²) in [5.41, 5.74) is 0. The van der Waals surface area contributed by atoms with Crippen LogP contribution < -0.4 is 5.32 Å². The summed E-state index contributed by atoms with van der Waals surface area (Å²) < 4.78 is 0. The first kappa shape index (κ1) is 12.3. The summed E-state index contributed by atoms with van der Waals surface area (Å²) >= 11 is 0. The maximum atomic E-state index is 9.61. The van der Waals surface area contributed by atoms with Gasteiger partial charge in [-0.1, -0.05) is 19.4 Å². The minimum atomic E-state index is 0.290. The lowest BCUT2D eigenvalue weighted by Gasteiger charge is -2.13. The number of nitrogens with one attached hydrogen (secondary N) is 1. The van der Waals surface area contributed by atoms with Crippen molar-refractivity contribution in [1.82, 2.24) is 4.98 Å². The van der Waals surface area contributed by atoms with Gasteiger partial charge in [-0.25, -0.2) is 4.98 Å². The van der Waals surface area contributed by atoms with Gasteiger partial charge in [0.25, 0.3) is 0 Å². The molecule has 3 rings (SSSR count). The zero-order valence-corrected chi connectivity index (χ0v) is 11.3. The molecular formula is C16H20N2O. The van der Waals surface area contributed by atoms with Crippen LogP contribution >= 0.6 is 0 Å². The van der Waals surface area contributed by atoms with E-state index in [1.54, 1.807) is 12.1 Å². The zero-order valence-electron chi connectivity index (χ0n) is 11.3. The molecule has 0 radical (unpaired) electrons. The summed E-state index contributed by atoms with van der Waals surface area (Å²) in [7, 11) is 0. The second kappa shape index (κ2) is 5.08. The van der Waals surface area contributed by atoms with Crippen LogP contribution in [0.4, 0.5) is 5.82 Å². The first-order chi connectivity index (χ1) is 9.22. The first-order valence-corrected chi connectivity index (χ1v) is 7.04. The van der Waals surface area contributed by atoms with Crippen molar-refractivity contribution in [3.63, 3.8) is 0 Å². The second-order valence-electron chi connectivity index (χ2n) is 5.73. The highest BCUT2D eigenvalue weighted by Gasteiger charge is 2.21. The van der Waals surface area contributed by atoms with Crippen LogP contribution in [0, 0.1) is 11.8 Å². The summed E-state index contributed by atoms with van der Waals surface area (Å²) in [6, 6.07) is 7.39. The number of benzene rings is 1. The van der Waals surface area contributed by atoms with Gasteiger partial charge in [-0.05, 0) is 48.3 Å². The molecule has 2 N–H and O–H groups in total. The van der Waals surface area contributed by atoms with E-state index in [0.29, 0.717) is 0 Å². The molecule has 2 atom stereocenters. The quantitative estimate of drug-likeness (QED) is 0.878. The molecule has 2 unspecified atom stereocenters. The molecule has 1 aromatic heterocycles. The lowest BCUT2D eigenvalue weighted by atomic mass is 10.1. The molecule has 1 fully saturated rings. The summed E-state index contributed by atoms with van der Waals surface area (Å²) in [6.07, 6.45) is 5.78. The van der Waals surface area contributed by atoms with Crippen molar-refractivity contribution in [3.8, 4) is 5.75 Å². The van der Waals surface area contributed by atoms with E-state index in [-0.39, 0.29) is 5.75 Å². The summed E-state index contributed by atoms with van der Waals surface area (Å²) in [5, 5.41) is 15.2. The van der Waals surface area contributed by atoms with Crippen LogP contribution in [0.5, 0.6) is 5.75 Å². The molecule has 1 heterocycles. The Morgan fingerprint density at radius 3 is 3.00 bits per heavy atom. The van der Waals surface area contributed by atoms with Crippen molar-refractivity contribution in [2.75, 3.05) is 11.9 Å². The fraction of sp³-hybridized carbons (Fsp3) is 0.438. The highest BCUT2D eigenvalue weighted by molar-refractivity contribution is 5.92. The normalized spacial score (nSPS) is 22.8. The average Bonchev–Trinajstić information content (AvgIpc) is 2.82. The molecule has 0 saturated heterocycles. The van der Waals surface area contributed by atoms with Gasteiger partial charge in [0.05, 0.1) is 0 Å². The third kappa shape index (κ3) is 2.65. The van der Waals surface area contributed by atoms with Gasteiger partial charge in [0, 0.05) is 18.1 Å². The van der Waals surface area contributed by atoms with Gasteiger partial charge in [0.15, 0.2) is 0 Å². The number of fused-ring (bicyclic) bond motifs is 1. The van der Waals surface area contributed by atoms with Gasteiger partial charge in [-0.2, -0.15) is 0 Å². The molecule has 1 aromatic carbocycles. The standard InChI is InChI=1S/C16H20N2O/c1-11-2-3-12(8-11)10-18-16-15-9-14(19)5-4-13(15)6-7-17-16/h4-7,9,11-12,19H,2-3,8,10H2,1H3,(H,17,18). The minimum absolute atomic E-state index is 0.290. The van der Waals surface area contributed by atoms with Crippen molar-refractivity contribution in [3.05, 3.63) is 30.5 Å². The molecule has 2 aromatic rings. The van der Waals surface area contributed by atoms with Gasteiger partial charge in [0.1, 0.15) is 11.6 Å². The Hall–Kier alpha value is -1.77. The smallest absolute Gasteiger partial charge is 0.133 e. The van der Waals surface area contributed by atoms with E-state index < -0.39 is 0 Å². The Balaban J connectivity index is 1.78. The van der Waals surface area contributed by atoms with Crippen LogP contribution in [0.2, 0.25) is 0 Å². The Bertz CT molecular complexity index is 582.